The van der Waals surface area contributed by atoms with Crippen molar-refractivity contribution in [3.05, 3.63) is 68.8 Å². The number of esters is 1. The first kappa shape index (κ1) is 21.7. The van der Waals surface area contributed by atoms with Crippen LogP contribution in [0.1, 0.15) is 52.1 Å². The van der Waals surface area contributed by atoms with Crippen LogP contribution in [0.5, 0.6) is 0 Å². The summed E-state index contributed by atoms with van der Waals surface area (Å²) in [4.78, 5) is 42.3. The quantitative estimate of drug-likeness (QED) is 0.632. The minimum Gasteiger partial charge on any atom is -0.452 e. The third-order valence-electron chi connectivity index (χ3n) is 5.83. The number of hydrogen-bond acceptors (Lipinski definition) is 5. The fourth-order valence-corrected chi connectivity index (χ4v) is 4.31. The number of ether oxygens (including phenoxy) is 1. The standard InChI is InChI=1S/C25H27N3O4/c1-15-11-16(2)23(17(3)12-15)27-22(29)14-32-25(31)18-8-9-19-20(13-18)26-21-7-5-4-6-10-28(21)24(19)30/h8-9,11-13H,4-7,10,14H2,1-3H3,(H,27,29). The first-order valence-electron chi connectivity index (χ1n) is 10.9. The van der Waals surface area contributed by atoms with E-state index in [9.17, 15) is 14.4 Å². The Morgan fingerprint density at radius 1 is 1.06 bits per heavy atom. The number of rotatable bonds is 4. The fraction of sp³-hybridized carbons (Fsp3) is 0.360. The summed E-state index contributed by atoms with van der Waals surface area (Å²) >= 11 is 0. The summed E-state index contributed by atoms with van der Waals surface area (Å²) < 4.78 is 6.96. The molecule has 2 aromatic carbocycles. The number of carbonyl (C=O) groups is 2. The molecule has 32 heavy (non-hydrogen) atoms. The van der Waals surface area contributed by atoms with E-state index in [1.807, 2.05) is 32.9 Å². The van der Waals surface area contributed by atoms with Crippen molar-refractivity contribution in [2.75, 3.05) is 11.9 Å². The Labute approximate surface area is 186 Å². The summed E-state index contributed by atoms with van der Waals surface area (Å²) in [6, 6.07) is 8.69. The molecule has 0 fully saturated rings. The second-order valence-corrected chi connectivity index (χ2v) is 8.43. The molecule has 0 unspecified atom stereocenters. The van der Waals surface area contributed by atoms with Gasteiger partial charge in [0.15, 0.2) is 6.61 Å². The van der Waals surface area contributed by atoms with Crippen LogP contribution in [0.25, 0.3) is 10.9 Å². The zero-order valence-electron chi connectivity index (χ0n) is 18.7. The van der Waals surface area contributed by atoms with Crippen LogP contribution in [0.4, 0.5) is 5.69 Å². The Hall–Kier alpha value is -3.48. The average molecular weight is 434 g/mol. The third-order valence-corrected chi connectivity index (χ3v) is 5.83. The van der Waals surface area contributed by atoms with Crippen molar-refractivity contribution in [3.8, 4) is 0 Å². The van der Waals surface area contributed by atoms with Crippen LogP contribution < -0.4 is 10.9 Å². The molecular formula is C25H27N3O4. The smallest absolute Gasteiger partial charge is 0.338 e. The first-order valence-corrected chi connectivity index (χ1v) is 10.9. The molecule has 4 rings (SSSR count). The van der Waals surface area contributed by atoms with Crippen molar-refractivity contribution in [1.82, 2.24) is 9.55 Å². The predicted octanol–water partition coefficient (Wildman–Crippen LogP) is 3.84. The number of amides is 1. The van der Waals surface area contributed by atoms with E-state index in [0.717, 1.165) is 53.9 Å². The zero-order chi connectivity index (χ0) is 22.8. The van der Waals surface area contributed by atoms with Crippen LogP contribution in [0.3, 0.4) is 0 Å². The number of aromatic nitrogens is 2. The summed E-state index contributed by atoms with van der Waals surface area (Å²) in [6.07, 6.45) is 3.78. The number of hydrogen-bond donors (Lipinski definition) is 1. The van der Waals surface area contributed by atoms with Crippen LogP contribution in [-0.4, -0.2) is 28.0 Å². The normalized spacial score (nSPS) is 13.3. The Morgan fingerprint density at radius 3 is 2.56 bits per heavy atom. The van der Waals surface area contributed by atoms with Gasteiger partial charge in [-0.3, -0.25) is 14.2 Å². The molecule has 166 valence electrons. The van der Waals surface area contributed by atoms with Crippen LogP contribution in [0.15, 0.2) is 35.1 Å². The van der Waals surface area contributed by atoms with Gasteiger partial charge in [-0.05, 0) is 62.9 Å². The lowest BCUT2D eigenvalue weighted by Gasteiger charge is -2.13. The highest BCUT2D eigenvalue weighted by molar-refractivity contribution is 5.98. The largest absolute Gasteiger partial charge is 0.452 e. The summed E-state index contributed by atoms with van der Waals surface area (Å²) in [5, 5.41) is 3.30. The van der Waals surface area contributed by atoms with Gasteiger partial charge in [0.2, 0.25) is 0 Å². The molecule has 0 spiro atoms. The van der Waals surface area contributed by atoms with Gasteiger partial charge >= 0.3 is 5.97 Å². The number of nitrogens with one attached hydrogen (secondary N) is 1. The van der Waals surface area contributed by atoms with Gasteiger partial charge in [-0.15, -0.1) is 0 Å². The van der Waals surface area contributed by atoms with Crippen molar-refractivity contribution in [2.24, 2.45) is 0 Å². The zero-order valence-corrected chi connectivity index (χ0v) is 18.7. The van der Waals surface area contributed by atoms with E-state index < -0.39 is 18.5 Å². The Kier molecular flexibility index (Phi) is 6.08. The monoisotopic (exact) mass is 433 g/mol. The van der Waals surface area contributed by atoms with E-state index in [-0.39, 0.29) is 11.1 Å². The maximum Gasteiger partial charge on any atom is 0.338 e. The molecule has 7 heteroatoms. The lowest BCUT2D eigenvalue weighted by molar-refractivity contribution is -0.119. The summed E-state index contributed by atoms with van der Waals surface area (Å²) in [6.45, 7) is 6.12. The summed E-state index contributed by atoms with van der Waals surface area (Å²) in [5.41, 5.74) is 4.42. The number of carbonyl (C=O) groups excluding carboxylic acids is 2. The van der Waals surface area contributed by atoms with Crippen LogP contribution >= 0.6 is 0 Å². The van der Waals surface area contributed by atoms with Gasteiger partial charge in [0.05, 0.1) is 16.5 Å². The molecule has 0 radical (unpaired) electrons. The molecule has 7 nitrogen and oxygen atoms in total. The predicted molar refractivity (Wildman–Crippen MR) is 123 cm³/mol. The minimum atomic E-state index is -0.628. The molecule has 1 aliphatic rings. The van der Waals surface area contributed by atoms with Gasteiger partial charge < -0.3 is 10.1 Å². The van der Waals surface area contributed by atoms with E-state index in [0.29, 0.717) is 17.4 Å². The Balaban J connectivity index is 1.48. The van der Waals surface area contributed by atoms with Gasteiger partial charge in [-0.1, -0.05) is 24.1 Å². The van der Waals surface area contributed by atoms with E-state index in [1.54, 1.807) is 22.8 Å². The lowest BCUT2D eigenvalue weighted by atomic mass is 10.1. The highest BCUT2D eigenvalue weighted by Crippen LogP contribution is 2.22. The maximum absolute atomic E-state index is 12.8. The molecule has 0 saturated heterocycles. The van der Waals surface area contributed by atoms with E-state index in [1.165, 1.54) is 0 Å². The maximum atomic E-state index is 12.8. The van der Waals surface area contributed by atoms with Gasteiger partial charge in [0.25, 0.3) is 11.5 Å². The van der Waals surface area contributed by atoms with Crippen molar-refractivity contribution in [3.63, 3.8) is 0 Å². The second kappa shape index (κ2) is 8.94. The Bertz CT molecular complexity index is 1250. The van der Waals surface area contributed by atoms with Crippen LogP contribution in [0.2, 0.25) is 0 Å². The molecule has 0 atom stereocenters. The van der Waals surface area contributed by atoms with E-state index in [2.05, 4.69) is 10.3 Å². The number of fused-ring (bicyclic) bond motifs is 2. The number of aryl methyl sites for hydroxylation is 4. The minimum absolute atomic E-state index is 0.0740. The molecule has 0 aliphatic carbocycles. The molecule has 1 amide bonds. The summed E-state index contributed by atoms with van der Waals surface area (Å²) in [5.74, 6) is -0.277. The summed E-state index contributed by atoms with van der Waals surface area (Å²) in [7, 11) is 0. The van der Waals surface area contributed by atoms with Gasteiger partial charge in [0, 0.05) is 18.7 Å². The molecule has 2 heterocycles. The lowest BCUT2D eigenvalue weighted by Crippen LogP contribution is -2.25. The van der Waals surface area contributed by atoms with Crippen LogP contribution in [0, 0.1) is 20.8 Å². The van der Waals surface area contributed by atoms with Crippen molar-refractivity contribution >= 4 is 28.5 Å². The number of anilines is 1. The topological polar surface area (TPSA) is 90.3 Å². The number of benzene rings is 2. The molecule has 1 aromatic heterocycles. The van der Waals surface area contributed by atoms with Crippen molar-refractivity contribution in [2.45, 2.75) is 53.0 Å². The molecule has 1 aliphatic heterocycles. The third kappa shape index (κ3) is 4.42. The molecule has 0 saturated carbocycles. The van der Waals surface area contributed by atoms with Gasteiger partial charge in [-0.2, -0.15) is 0 Å². The second-order valence-electron chi connectivity index (χ2n) is 8.43. The number of nitrogens with zero attached hydrogens (tertiary/aromatic N) is 2. The molecule has 3 aromatic rings. The van der Waals surface area contributed by atoms with Gasteiger partial charge in [0.1, 0.15) is 5.82 Å². The average Bonchev–Trinajstić information content (AvgIpc) is 3.00. The SMILES string of the molecule is Cc1cc(C)c(NC(=O)COC(=O)c2ccc3c(=O)n4c(nc3c2)CCCCC4)c(C)c1. The highest BCUT2D eigenvalue weighted by atomic mass is 16.5. The van der Waals surface area contributed by atoms with E-state index >= 15 is 0 Å². The van der Waals surface area contributed by atoms with Gasteiger partial charge in [-0.25, -0.2) is 9.78 Å². The molecule has 0 bridgehead atoms. The molecular weight excluding hydrogens is 406 g/mol. The Morgan fingerprint density at radius 2 is 1.81 bits per heavy atom. The highest BCUT2D eigenvalue weighted by Gasteiger charge is 2.17. The first-order chi connectivity index (χ1) is 15.3. The van der Waals surface area contributed by atoms with Crippen molar-refractivity contribution in [1.29, 1.82) is 0 Å². The van der Waals surface area contributed by atoms with Crippen LogP contribution in [-0.2, 0) is 22.5 Å². The van der Waals surface area contributed by atoms with Crippen molar-refractivity contribution < 1.29 is 14.3 Å². The molecule has 1 N–H and O–H groups in total. The fourth-order valence-electron chi connectivity index (χ4n) is 4.31. The van der Waals surface area contributed by atoms with E-state index in [4.69, 9.17) is 4.74 Å².